The van der Waals surface area contributed by atoms with Crippen LogP contribution in [0.25, 0.3) is 0 Å². The number of amides is 1. The molecule has 0 aliphatic rings. The summed E-state index contributed by atoms with van der Waals surface area (Å²) in [7, 11) is 1.34. The van der Waals surface area contributed by atoms with Crippen molar-refractivity contribution in [2.75, 3.05) is 25.5 Å². The SMILES string of the molecule is COC(=O)c1c(C)ccnc1NCCCNC(C)=O. The third kappa shape index (κ3) is 4.57. The van der Waals surface area contributed by atoms with Gasteiger partial charge in [-0.05, 0) is 25.0 Å². The van der Waals surface area contributed by atoms with E-state index in [0.29, 0.717) is 24.5 Å². The first-order chi connectivity index (χ1) is 9.06. The van der Waals surface area contributed by atoms with Crippen LogP contribution in [0, 0.1) is 6.92 Å². The number of hydrogen-bond acceptors (Lipinski definition) is 5. The molecule has 0 aromatic carbocycles. The zero-order valence-corrected chi connectivity index (χ0v) is 11.4. The number of aryl methyl sites for hydroxylation is 1. The van der Waals surface area contributed by atoms with Gasteiger partial charge in [0.05, 0.1) is 7.11 Å². The van der Waals surface area contributed by atoms with Crippen molar-refractivity contribution in [2.24, 2.45) is 0 Å². The molecule has 0 aliphatic carbocycles. The van der Waals surface area contributed by atoms with Crippen LogP contribution in [-0.2, 0) is 9.53 Å². The van der Waals surface area contributed by atoms with Gasteiger partial charge in [-0.25, -0.2) is 9.78 Å². The molecular weight excluding hydrogens is 246 g/mol. The Kier molecular flexibility index (Phi) is 5.78. The van der Waals surface area contributed by atoms with Crippen molar-refractivity contribution in [3.05, 3.63) is 23.4 Å². The Hall–Kier alpha value is -2.11. The molecule has 1 heterocycles. The average Bonchev–Trinajstić information content (AvgIpc) is 2.37. The van der Waals surface area contributed by atoms with E-state index < -0.39 is 5.97 Å². The number of nitrogens with zero attached hydrogens (tertiary/aromatic N) is 1. The maximum Gasteiger partial charge on any atom is 0.341 e. The maximum absolute atomic E-state index is 11.7. The Morgan fingerprint density at radius 3 is 2.74 bits per heavy atom. The molecule has 0 saturated carbocycles. The number of carbonyl (C=O) groups is 2. The fourth-order valence-electron chi connectivity index (χ4n) is 1.61. The van der Waals surface area contributed by atoms with E-state index in [2.05, 4.69) is 15.6 Å². The van der Waals surface area contributed by atoms with Crippen LogP contribution in [0.3, 0.4) is 0 Å². The number of esters is 1. The van der Waals surface area contributed by atoms with Gasteiger partial charge in [0.1, 0.15) is 11.4 Å². The number of aromatic nitrogens is 1. The fraction of sp³-hybridized carbons (Fsp3) is 0.462. The predicted octanol–water partition coefficient (Wildman–Crippen LogP) is 1.11. The molecule has 0 aliphatic heterocycles. The number of methoxy groups -OCH3 is 1. The van der Waals surface area contributed by atoms with Crippen molar-refractivity contribution in [2.45, 2.75) is 20.3 Å². The number of rotatable bonds is 6. The summed E-state index contributed by atoms with van der Waals surface area (Å²) in [6.07, 6.45) is 2.38. The van der Waals surface area contributed by atoms with Gasteiger partial charge < -0.3 is 15.4 Å². The Labute approximate surface area is 112 Å². The normalized spacial score (nSPS) is 9.84. The number of pyridine rings is 1. The number of nitrogens with one attached hydrogen (secondary N) is 2. The Bertz CT molecular complexity index is 460. The quantitative estimate of drug-likeness (QED) is 0.595. The first-order valence-corrected chi connectivity index (χ1v) is 6.08. The van der Waals surface area contributed by atoms with Crippen LogP contribution < -0.4 is 10.6 Å². The zero-order valence-electron chi connectivity index (χ0n) is 11.4. The minimum Gasteiger partial charge on any atom is -0.465 e. The summed E-state index contributed by atoms with van der Waals surface area (Å²) >= 11 is 0. The standard InChI is InChI=1S/C13H19N3O3/c1-9-5-8-16-12(11(9)13(18)19-3)15-7-4-6-14-10(2)17/h5,8H,4,6-7H2,1-3H3,(H,14,17)(H,15,16). The van der Waals surface area contributed by atoms with E-state index in [1.807, 2.05) is 6.92 Å². The molecule has 1 rings (SSSR count). The molecule has 104 valence electrons. The van der Waals surface area contributed by atoms with E-state index in [1.54, 1.807) is 12.3 Å². The molecule has 2 N–H and O–H groups in total. The summed E-state index contributed by atoms with van der Waals surface area (Å²) in [4.78, 5) is 26.5. The zero-order chi connectivity index (χ0) is 14.3. The monoisotopic (exact) mass is 265 g/mol. The van der Waals surface area contributed by atoms with E-state index >= 15 is 0 Å². The number of ether oxygens (including phenoxy) is 1. The lowest BCUT2D eigenvalue weighted by atomic mass is 10.1. The Morgan fingerprint density at radius 1 is 1.37 bits per heavy atom. The van der Waals surface area contributed by atoms with Gasteiger partial charge >= 0.3 is 5.97 Å². The van der Waals surface area contributed by atoms with Crippen LogP contribution in [0.2, 0.25) is 0 Å². The molecule has 1 aromatic rings. The summed E-state index contributed by atoms with van der Waals surface area (Å²) in [6.45, 7) is 4.50. The summed E-state index contributed by atoms with van der Waals surface area (Å²) < 4.78 is 4.74. The van der Waals surface area contributed by atoms with Crippen molar-refractivity contribution >= 4 is 17.7 Å². The van der Waals surface area contributed by atoms with Crippen LogP contribution >= 0.6 is 0 Å². The minimum atomic E-state index is -0.407. The van der Waals surface area contributed by atoms with Gasteiger partial charge in [-0.1, -0.05) is 0 Å². The van der Waals surface area contributed by atoms with Crippen molar-refractivity contribution in [1.82, 2.24) is 10.3 Å². The second-order valence-electron chi connectivity index (χ2n) is 4.11. The Balaban J connectivity index is 2.60. The lowest BCUT2D eigenvalue weighted by Gasteiger charge is -2.11. The molecule has 0 saturated heterocycles. The summed E-state index contributed by atoms with van der Waals surface area (Å²) in [6, 6.07) is 1.76. The molecule has 19 heavy (non-hydrogen) atoms. The first-order valence-electron chi connectivity index (χ1n) is 6.08. The first kappa shape index (κ1) is 14.9. The van der Waals surface area contributed by atoms with Crippen LogP contribution in [0.4, 0.5) is 5.82 Å². The highest BCUT2D eigenvalue weighted by Crippen LogP contribution is 2.17. The van der Waals surface area contributed by atoms with Gasteiger partial charge in [0, 0.05) is 26.2 Å². The highest BCUT2D eigenvalue weighted by atomic mass is 16.5. The molecule has 1 amide bonds. The average molecular weight is 265 g/mol. The summed E-state index contributed by atoms with van der Waals surface area (Å²) in [5.41, 5.74) is 1.26. The predicted molar refractivity (Wildman–Crippen MR) is 72.1 cm³/mol. The minimum absolute atomic E-state index is 0.0519. The molecule has 1 aromatic heterocycles. The molecular formula is C13H19N3O3. The van der Waals surface area contributed by atoms with Gasteiger partial charge in [0.25, 0.3) is 0 Å². The van der Waals surface area contributed by atoms with Gasteiger partial charge in [-0.2, -0.15) is 0 Å². The van der Waals surface area contributed by atoms with E-state index in [0.717, 1.165) is 12.0 Å². The third-order valence-electron chi connectivity index (χ3n) is 2.57. The second-order valence-corrected chi connectivity index (χ2v) is 4.11. The molecule has 6 heteroatoms. The lowest BCUT2D eigenvalue weighted by Crippen LogP contribution is -2.23. The van der Waals surface area contributed by atoms with Crippen LogP contribution in [-0.4, -0.2) is 37.1 Å². The van der Waals surface area contributed by atoms with E-state index in [4.69, 9.17) is 4.74 Å². The smallest absolute Gasteiger partial charge is 0.341 e. The van der Waals surface area contributed by atoms with Gasteiger partial charge in [-0.3, -0.25) is 4.79 Å². The highest BCUT2D eigenvalue weighted by Gasteiger charge is 2.15. The fourth-order valence-corrected chi connectivity index (χ4v) is 1.61. The summed E-state index contributed by atoms with van der Waals surface area (Å²) in [5.74, 6) is 0.0496. The van der Waals surface area contributed by atoms with Crippen molar-refractivity contribution < 1.29 is 14.3 Å². The van der Waals surface area contributed by atoms with Crippen LogP contribution in [0.5, 0.6) is 0 Å². The maximum atomic E-state index is 11.7. The molecule has 6 nitrogen and oxygen atoms in total. The van der Waals surface area contributed by atoms with Crippen LogP contribution in [0.15, 0.2) is 12.3 Å². The molecule has 0 spiro atoms. The summed E-state index contributed by atoms with van der Waals surface area (Å²) in [5, 5.41) is 5.78. The van der Waals surface area contributed by atoms with Crippen LogP contribution in [0.1, 0.15) is 29.3 Å². The number of hydrogen-bond donors (Lipinski definition) is 2. The van der Waals surface area contributed by atoms with Crippen molar-refractivity contribution in [3.63, 3.8) is 0 Å². The van der Waals surface area contributed by atoms with Crippen molar-refractivity contribution in [3.8, 4) is 0 Å². The Morgan fingerprint density at radius 2 is 2.11 bits per heavy atom. The molecule has 0 fully saturated rings. The largest absolute Gasteiger partial charge is 0.465 e. The third-order valence-corrected chi connectivity index (χ3v) is 2.57. The van der Waals surface area contributed by atoms with E-state index in [-0.39, 0.29) is 5.91 Å². The van der Waals surface area contributed by atoms with Gasteiger partial charge in [-0.15, -0.1) is 0 Å². The topological polar surface area (TPSA) is 80.3 Å². The molecule has 0 radical (unpaired) electrons. The van der Waals surface area contributed by atoms with Crippen molar-refractivity contribution in [1.29, 1.82) is 0 Å². The molecule has 0 bridgehead atoms. The second kappa shape index (κ2) is 7.35. The lowest BCUT2D eigenvalue weighted by molar-refractivity contribution is -0.118. The van der Waals surface area contributed by atoms with Gasteiger partial charge in [0.15, 0.2) is 0 Å². The molecule has 0 unspecified atom stereocenters. The number of carbonyl (C=O) groups excluding carboxylic acids is 2. The highest BCUT2D eigenvalue weighted by molar-refractivity contribution is 5.96. The van der Waals surface area contributed by atoms with E-state index in [1.165, 1.54) is 14.0 Å². The number of anilines is 1. The molecule has 0 atom stereocenters. The van der Waals surface area contributed by atoms with E-state index in [9.17, 15) is 9.59 Å². The van der Waals surface area contributed by atoms with Gasteiger partial charge in [0.2, 0.25) is 5.91 Å².